The molecule has 73 heavy (non-hydrogen) atoms. The molecule has 1 heterocycles. The summed E-state index contributed by atoms with van der Waals surface area (Å²) in [6.07, 6.45) is -0.552. The third kappa shape index (κ3) is 18.9. The lowest BCUT2D eigenvalue weighted by atomic mass is 10.1. The van der Waals surface area contributed by atoms with Gasteiger partial charge < -0.3 is 52.5 Å². The lowest BCUT2D eigenvalue weighted by Crippen LogP contribution is -2.19. The van der Waals surface area contributed by atoms with Gasteiger partial charge in [-0.15, -0.1) is 0 Å². The summed E-state index contributed by atoms with van der Waals surface area (Å²) in [5, 5.41) is 14.8. The fourth-order valence-corrected chi connectivity index (χ4v) is 6.91. The van der Waals surface area contributed by atoms with E-state index < -0.39 is 11.9 Å². The number of H-pyrrole nitrogens is 2. The number of benzene rings is 6. The Bertz CT molecular complexity index is 2780. The van der Waals surface area contributed by atoms with Gasteiger partial charge in [0.25, 0.3) is 5.56 Å². The van der Waals surface area contributed by atoms with E-state index in [-0.39, 0.29) is 29.4 Å². The first-order valence-electron chi connectivity index (χ1n) is 23.4. The minimum absolute atomic E-state index is 0.0681. The molecule has 1 aromatic heterocycles. The Morgan fingerprint density at radius 3 is 1.25 bits per heavy atom. The molecular weight excluding hydrogens is 937 g/mol. The van der Waals surface area contributed by atoms with Crippen LogP contribution >= 0.6 is 0 Å². The van der Waals surface area contributed by atoms with Crippen LogP contribution in [-0.2, 0) is 38.8 Å². The van der Waals surface area contributed by atoms with E-state index in [0.29, 0.717) is 85.4 Å². The first-order chi connectivity index (χ1) is 35.4. The van der Waals surface area contributed by atoms with E-state index in [1.807, 2.05) is 130 Å². The minimum Gasteiger partial charge on any atom is -0.489 e. The van der Waals surface area contributed by atoms with Gasteiger partial charge in [0.2, 0.25) is 0 Å². The van der Waals surface area contributed by atoms with Crippen molar-refractivity contribution in [1.82, 2.24) is 10.2 Å². The fraction of sp³-hybridized carbons (Fsp3) is 0.281. The summed E-state index contributed by atoms with van der Waals surface area (Å²) in [7, 11) is 6.13. The number of carboxylic acid groups (broad SMARTS) is 1. The second-order valence-corrected chi connectivity index (χ2v) is 16.4. The predicted molar refractivity (Wildman–Crippen MR) is 276 cm³/mol. The molecule has 0 spiro atoms. The molecule has 0 aliphatic carbocycles. The van der Waals surface area contributed by atoms with Gasteiger partial charge in [0.1, 0.15) is 83.8 Å². The fourth-order valence-electron chi connectivity index (χ4n) is 6.91. The van der Waals surface area contributed by atoms with Gasteiger partial charge in [0.15, 0.2) is 0 Å². The number of ether oxygens (including phenoxy) is 10. The van der Waals surface area contributed by atoms with Crippen molar-refractivity contribution in [3.8, 4) is 45.8 Å². The van der Waals surface area contributed by atoms with E-state index >= 15 is 0 Å². The molecule has 7 rings (SSSR count). The Morgan fingerprint density at radius 1 is 0.479 bits per heavy atom. The number of aromatic nitrogens is 2. The van der Waals surface area contributed by atoms with E-state index in [1.165, 1.54) is 19.2 Å². The van der Waals surface area contributed by atoms with Crippen molar-refractivity contribution in [3.05, 3.63) is 190 Å². The van der Waals surface area contributed by atoms with Gasteiger partial charge >= 0.3 is 11.9 Å². The highest BCUT2D eigenvalue weighted by molar-refractivity contribution is 5.93. The molecule has 0 aliphatic heterocycles. The Morgan fingerprint density at radius 2 is 0.863 bits per heavy atom. The molecule has 3 N–H and O–H groups in total. The predicted octanol–water partition coefficient (Wildman–Crippen LogP) is 10.2. The van der Waals surface area contributed by atoms with E-state index in [4.69, 9.17) is 47.4 Å². The van der Waals surface area contributed by atoms with Crippen LogP contribution in [0.15, 0.2) is 156 Å². The Labute approximate surface area is 425 Å². The van der Waals surface area contributed by atoms with E-state index in [1.54, 1.807) is 51.7 Å². The molecule has 3 unspecified atom stereocenters. The monoisotopic (exact) mass is 1000 g/mol. The number of methoxy groups -OCH3 is 4. The standard InChI is InChI=1S/C20H22N2O4.C19H22O5.C18H20O5/c1-14(12-24-2)26-19-9-8-16(25-13-15-6-4-3-5-7-15)10-17(19)18-11-20(23)22-21-18;1-14(12-21-2)24-18-10-9-16(11-17(18)19(20)22-3)23-13-15-7-5-4-6-8-15;1-13(11-21-2)23-17-9-8-15(10-16(17)18(19)20)22-12-14-6-4-3-5-7-14/h3-11,14H,12-13H2,1-2H3,(H2,21,22,23);4-11,14H,12-13H2,1-3H3;3-10,13H,11-12H2,1-2H3,(H,19,20). The quantitative estimate of drug-likeness (QED) is 0.0484. The number of hydrogen-bond donors (Lipinski definition) is 3. The van der Waals surface area contributed by atoms with Crippen LogP contribution in [0, 0.1) is 0 Å². The third-order valence-electron chi connectivity index (χ3n) is 10.3. The summed E-state index contributed by atoms with van der Waals surface area (Å²) in [5.74, 6) is 1.61. The zero-order valence-corrected chi connectivity index (χ0v) is 42.2. The molecule has 0 saturated heterocycles. The van der Waals surface area contributed by atoms with Crippen LogP contribution in [0.3, 0.4) is 0 Å². The number of aromatic amines is 2. The van der Waals surface area contributed by atoms with Crippen molar-refractivity contribution >= 4 is 11.9 Å². The van der Waals surface area contributed by atoms with Crippen LogP contribution < -0.4 is 34.0 Å². The number of aromatic carboxylic acids is 1. The van der Waals surface area contributed by atoms with Crippen molar-refractivity contribution in [2.45, 2.75) is 58.9 Å². The van der Waals surface area contributed by atoms with Gasteiger partial charge in [0, 0.05) is 33.0 Å². The first-order valence-corrected chi connectivity index (χ1v) is 23.4. The maximum atomic E-state index is 12.0. The summed E-state index contributed by atoms with van der Waals surface area (Å²) < 4.78 is 54.6. The summed E-state index contributed by atoms with van der Waals surface area (Å²) in [5.41, 5.74) is 4.72. The lowest BCUT2D eigenvalue weighted by Gasteiger charge is -2.17. The zero-order valence-electron chi connectivity index (χ0n) is 42.2. The molecule has 0 saturated carbocycles. The molecule has 0 amide bonds. The summed E-state index contributed by atoms with van der Waals surface area (Å²) >= 11 is 0. The van der Waals surface area contributed by atoms with Gasteiger partial charge in [-0.1, -0.05) is 91.0 Å². The second kappa shape index (κ2) is 30.0. The van der Waals surface area contributed by atoms with E-state index in [9.17, 15) is 19.5 Å². The molecule has 6 aromatic carbocycles. The van der Waals surface area contributed by atoms with Crippen LogP contribution in [0.2, 0.25) is 0 Å². The number of carboxylic acids is 1. The number of esters is 1. The van der Waals surface area contributed by atoms with Crippen LogP contribution in [0.1, 0.15) is 58.2 Å². The highest BCUT2D eigenvalue weighted by Gasteiger charge is 2.19. The first kappa shape index (κ1) is 55.9. The lowest BCUT2D eigenvalue weighted by molar-refractivity contribution is 0.0580. The smallest absolute Gasteiger partial charge is 0.341 e. The van der Waals surface area contributed by atoms with Crippen molar-refractivity contribution < 1.29 is 62.1 Å². The Kier molecular flexibility index (Phi) is 22.9. The van der Waals surface area contributed by atoms with Gasteiger partial charge in [0.05, 0.1) is 32.6 Å². The number of hydrogen-bond acceptors (Lipinski definition) is 13. The molecule has 0 aliphatic rings. The molecule has 0 fully saturated rings. The minimum atomic E-state index is -1.06. The Balaban J connectivity index is 0.000000204. The normalized spacial score (nSPS) is 11.8. The van der Waals surface area contributed by atoms with Gasteiger partial charge in [-0.3, -0.25) is 15.0 Å². The largest absolute Gasteiger partial charge is 0.489 e. The number of nitrogens with one attached hydrogen (secondary N) is 2. The van der Waals surface area contributed by atoms with E-state index in [2.05, 4.69) is 10.2 Å². The second-order valence-electron chi connectivity index (χ2n) is 16.4. The van der Waals surface area contributed by atoms with Gasteiger partial charge in [-0.2, -0.15) is 0 Å². The third-order valence-corrected chi connectivity index (χ3v) is 10.3. The molecule has 0 radical (unpaired) electrons. The van der Waals surface area contributed by atoms with Crippen molar-refractivity contribution in [2.75, 3.05) is 48.3 Å². The van der Waals surface area contributed by atoms with Crippen LogP contribution in [0.25, 0.3) is 11.3 Å². The summed E-state index contributed by atoms with van der Waals surface area (Å²) in [4.78, 5) is 34.9. The topological polar surface area (TPSA) is 195 Å². The van der Waals surface area contributed by atoms with Gasteiger partial charge in [-0.05, 0) is 92.1 Å². The highest BCUT2D eigenvalue weighted by Crippen LogP contribution is 2.33. The number of carbonyl (C=O) groups excluding carboxylic acids is 1. The van der Waals surface area contributed by atoms with Crippen molar-refractivity contribution in [2.24, 2.45) is 0 Å². The molecule has 3 atom stereocenters. The van der Waals surface area contributed by atoms with Crippen LogP contribution in [-0.4, -0.2) is 93.8 Å². The van der Waals surface area contributed by atoms with Crippen LogP contribution in [0.4, 0.5) is 0 Å². The van der Waals surface area contributed by atoms with Gasteiger partial charge in [-0.25, -0.2) is 9.59 Å². The van der Waals surface area contributed by atoms with Crippen molar-refractivity contribution in [1.29, 1.82) is 0 Å². The van der Waals surface area contributed by atoms with E-state index in [0.717, 1.165) is 22.3 Å². The average Bonchev–Trinajstić information content (AvgIpc) is 3.84. The molecular formula is C57H64N2O14. The molecule has 0 bridgehead atoms. The highest BCUT2D eigenvalue weighted by atomic mass is 16.5. The summed E-state index contributed by atoms with van der Waals surface area (Å²) in [6.45, 7) is 8.13. The molecule has 7 aromatic rings. The number of carbonyl (C=O) groups is 2. The van der Waals surface area contributed by atoms with Crippen molar-refractivity contribution in [3.63, 3.8) is 0 Å². The Hall–Kier alpha value is -8.05. The maximum Gasteiger partial charge on any atom is 0.341 e. The summed E-state index contributed by atoms with van der Waals surface area (Å²) in [6, 6.07) is 46.3. The zero-order chi connectivity index (χ0) is 52.4. The number of rotatable bonds is 24. The molecule has 16 nitrogen and oxygen atoms in total. The average molecular weight is 1000 g/mol. The molecule has 386 valence electrons. The maximum absolute atomic E-state index is 12.0. The molecule has 16 heteroatoms. The van der Waals surface area contributed by atoms with Crippen LogP contribution in [0.5, 0.6) is 34.5 Å². The SMILES string of the molecule is COCC(C)Oc1ccc(OCc2ccccc2)cc1-c1cc(=O)[nH][nH]1.COCC(C)Oc1ccc(OCc2ccccc2)cc1C(=O)O.COCC(C)Oc1ccc(OCc2ccccc2)cc1C(=O)OC.